The predicted molar refractivity (Wildman–Crippen MR) is 76.3 cm³/mol. The van der Waals surface area contributed by atoms with E-state index >= 15 is 0 Å². The number of hydrogen-bond acceptors (Lipinski definition) is 7. The Morgan fingerprint density at radius 3 is 2.77 bits per heavy atom. The van der Waals surface area contributed by atoms with Crippen LogP contribution in [0.1, 0.15) is 23.5 Å². The van der Waals surface area contributed by atoms with Gasteiger partial charge in [-0.05, 0) is 0 Å². The third-order valence-corrected chi connectivity index (χ3v) is 4.51. The lowest BCUT2D eigenvalue weighted by molar-refractivity contribution is -0.0154. The summed E-state index contributed by atoms with van der Waals surface area (Å²) in [6.07, 6.45) is -0.432. The largest absolute Gasteiger partial charge is 0.458 e. The Bertz CT molecular complexity index is 666. The quantitative estimate of drug-likeness (QED) is 0.573. The normalized spacial score (nSPS) is 30.8. The van der Waals surface area contributed by atoms with E-state index in [0.717, 1.165) is 0 Å². The molecular formula is C13H18F2N6O. The Hall–Kier alpha value is -1.71. The topological polar surface area (TPSA) is 119 Å². The standard InChI is InChI=1S/C13H18F2N6O/c14-12(15)2-1-8-7(3-12)9-10(22-8)13(18,20-11(17)19-9)21-4-6(16)5-21/h6H,1-5,16,18H2,(H3,17,19,20). The number of hydrogen-bond donors (Lipinski definition) is 4. The van der Waals surface area contributed by atoms with Crippen molar-refractivity contribution in [1.82, 2.24) is 4.90 Å². The molecule has 1 saturated heterocycles. The number of aliphatic imine (C=N–C) groups is 1. The Labute approximate surface area is 125 Å². The van der Waals surface area contributed by atoms with Crippen LogP contribution in [0, 0.1) is 0 Å². The highest BCUT2D eigenvalue weighted by Crippen LogP contribution is 2.45. The maximum atomic E-state index is 13.7. The molecule has 22 heavy (non-hydrogen) atoms. The molecule has 1 aliphatic carbocycles. The molecule has 3 aliphatic rings. The predicted octanol–water partition coefficient (Wildman–Crippen LogP) is -0.144. The molecule has 7 nitrogen and oxygen atoms in total. The van der Waals surface area contributed by atoms with Crippen molar-refractivity contribution in [3.63, 3.8) is 0 Å². The van der Waals surface area contributed by atoms with Crippen molar-refractivity contribution in [3.05, 3.63) is 17.1 Å². The Morgan fingerprint density at radius 1 is 1.36 bits per heavy atom. The van der Waals surface area contributed by atoms with Gasteiger partial charge in [-0.25, -0.2) is 13.8 Å². The van der Waals surface area contributed by atoms with Gasteiger partial charge >= 0.3 is 0 Å². The summed E-state index contributed by atoms with van der Waals surface area (Å²) in [5.41, 5.74) is 18.9. The van der Waals surface area contributed by atoms with E-state index in [1.165, 1.54) is 0 Å². The number of nitrogens with one attached hydrogen (secondary N) is 1. The molecule has 9 heteroatoms. The molecule has 1 unspecified atom stereocenters. The minimum Gasteiger partial charge on any atom is -0.458 e. The fraction of sp³-hybridized carbons (Fsp3) is 0.615. The SMILES string of the molecule is NC1=NC(N)(N2CC(N)C2)c2oc3c(c2N1)CC(F)(F)CC3. The third-order valence-electron chi connectivity index (χ3n) is 4.51. The van der Waals surface area contributed by atoms with E-state index in [1.54, 1.807) is 0 Å². The van der Waals surface area contributed by atoms with Crippen molar-refractivity contribution in [2.45, 2.75) is 37.0 Å². The summed E-state index contributed by atoms with van der Waals surface area (Å²) in [4.78, 5) is 6.07. The van der Waals surface area contributed by atoms with Gasteiger partial charge in [0.05, 0.1) is 5.69 Å². The first-order valence-electron chi connectivity index (χ1n) is 7.23. The van der Waals surface area contributed by atoms with Gasteiger partial charge < -0.3 is 21.2 Å². The molecule has 1 aromatic heterocycles. The number of aryl methyl sites for hydroxylation is 1. The van der Waals surface area contributed by atoms with Gasteiger partial charge in [-0.3, -0.25) is 10.6 Å². The summed E-state index contributed by atoms with van der Waals surface area (Å²) in [6, 6.07) is 0.0177. The minimum absolute atomic E-state index is 0.0177. The smallest absolute Gasteiger partial charge is 0.252 e. The molecule has 0 amide bonds. The number of nitrogens with zero attached hydrogens (tertiary/aromatic N) is 2. The number of alkyl halides is 2. The van der Waals surface area contributed by atoms with E-state index in [2.05, 4.69) is 10.3 Å². The monoisotopic (exact) mass is 312 g/mol. The average molecular weight is 312 g/mol. The van der Waals surface area contributed by atoms with Crippen molar-refractivity contribution in [3.8, 4) is 0 Å². The van der Waals surface area contributed by atoms with Crippen LogP contribution in [0.3, 0.4) is 0 Å². The fourth-order valence-corrected chi connectivity index (χ4v) is 3.33. The highest BCUT2D eigenvalue weighted by atomic mass is 19.3. The summed E-state index contributed by atoms with van der Waals surface area (Å²) >= 11 is 0. The number of guanidine groups is 1. The van der Waals surface area contributed by atoms with Crippen LogP contribution in [-0.2, 0) is 18.6 Å². The van der Waals surface area contributed by atoms with Crippen LogP contribution >= 0.6 is 0 Å². The lowest BCUT2D eigenvalue weighted by Crippen LogP contribution is -2.67. The van der Waals surface area contributed by atoms with E-state index in [4.69, 9.17) is 21.6 Å². The first-order valence-corrected chi connectivity index (χ1v) is 7.23. The number of furan rings is 1. The zero-order valence-electron chi connectivity index (χ0n) is 11.9. The van der Waals surface area contributed by atoms with Gasteiger partial charge in [0.2, 0.25) is 5.79 Å². The molecule has 0 bridgehead atoms. The fourth-order valence-electron chi connectivity index (χ4n) is 3.33. The first kappa shape index (κ1) is 13.9. The molecule has 1 fully saturated rings. The van der Waals surface area contributed by atoms with Crippen molar-refractivity contribution < 1.29 is 13.2 Å². The molecule has 1 aromatic rings. The molecule has 4 rings (SSSR count). The van der Waals surface area contributed by atoms with E-state index in [-0.39, 0.29) is 31.3 Å². The first-order chi connectivity index (χ1) is 10.3. The van der Waals surface area contributed by atoms with Gasteiger partial charge in [-0.2, -0.15) is 0 Å². The van der Waals surface area contributed by atoms with Gasteiger partial charge in [0.25, 0.3) is 5.92 Å². The molecule has 0 radical (unpaired) electrons. The Morgan fingerprint density at radius 2 is 2.09 bits per heavy atom. The lowest BCUT2D eigenvalue weighted by atomic mass is 9.92. The van der Waals surface area contributed by atoms with E-state index in [9.17, 15) is 8.78 Å². The summed E-state index contributed by atoms with van der Waals surface area (Å²) in [5, 5.41) is 2.84. The zero-order chi connectivity index (χ0) is 15.7. The Kier molecular flexibility index (Phi) is 2.64. The average Bonchev–Trinajstić information content (AvgIpc) is 2.73. The van der Waals surface area contributed by atoms with Crippen LogP contribution in [0.4, 0.5) is 14.5 Å². The number of nitrogens with two attached hydrogens (primary N) is 3. The maximum absolute atomic E-state index is 13.7. The van der Waals surface area contributed by atoms with E-state index < -0.39 is 11.7 Å². The maximum Gasteiger partial charge on any atom is 0.252 e. The second kappa shape index (κ2) is 4.18. The molecule has 3 heterocycles. The zero-order valence-corrected chi connectivity index (χ0v) is 11.9. The van der Waals surface area contributed by atoms with Crippen LogP contribution in [0.5, 0.6) is 0 Å². The number of halogens is 2. The van der Waals surface area contributed by atoms with Gasteiger partial charge in [-0.15, -0.1) is 0 Å². The number of rotatable bonds is 1. The summed E-state index contributed by atoms with van der Waals surface area (Å²) in [5.74, 6) is -3.06. The number of likely N-dealkylation sites (tertiary alicyclic amines) is 1. The molecule has 7 N–H and O–H groups in total. The van der Waals surface area contributed by atoms with Gasteiger partial charge in [0.1, 0.15) is 5.76 Å². The Balaban J connectivity index is 1.80. The van der Waals surface area contributed by atoms with Crippen molar-refractivity contribution in [1.29, 1.82) is 0 Å². The van der Waals surface area contributed by atoms with E-state index in [0.29, 0.717) is 35.9 Å². The number of anilines is 1. The summed E-state index contributed by atoms with van der Waals surface area (Å²) in [7, 11) is 0. The van der Waals surface area contributed by atoms with Crippen LogP contribution in [0.2, 0.25) is 0 Å². The molecule has 1 atom stereocenters. The van der Waals surface area contributed by atoms with Gasteiger partial charge in [-0.1, -0.05) is 0 Å². The summed E-state index contributed by atoms with van der Waals surface area (Å²) in [6.45, 7) is 1.10. The second-order valence-electron chi connectivity index (χ2n) is 6.25. The lowest BCUT2D eigenvalue weighted by Gasteiger charge is -2.46. The molecular weight excluding hydrogens is 294 g/mol. The van der Waals surface area contributed by atoms with E-state index in [1.807, 2.05) is 4.90 Å². The molecule has 120 valence electrons. The molecule has 0 saturated carbocycles. The minimum atomic E-state index is -2.74. The third kappa shape index (κ3) is 1.86. The molecule has 2 aliphatic heterocycles. The highest BCUT2D eigenvalue weighted by molar-refractivity contribution is 5.96. The summed E-state index contributed by atoms with van der Waals surface area (Å²) < 4.78 is 33.2. The van der Waals surface area contributed by atoms with Crippen molar-refractivity contribution >= 4 is 11.6 Å². The van der Waals surface area contributed by atoms with Crippen LogP contribution in [-0.4, -0.2) is 35.9 Å². The van der Waals surface area contributed by atoms with Crippen molar-refractivity contribution in [2.75, 3.05) is 18.4 Å². The van der Waals surface area contributed by atoms with Crippen LogP contribution < -0.4 is 22.5 Å². The van der Waals surface area contributed by atoms with Gasteiger partial charge in [0.15, 0.2) is 11.7 Å². The van der Waals surface area contributed by atoms with Gasteiger partial charge in [0, 0.05) is 44.0 Å². The van der Waals surface area contributed by atoms with Crippen LogP contribution in [0.15, 0.2) is 9.41 Å². The number of fused-ring (bicyclic) bond motifs is 3. The molecule has 0 spiro atoms. The molecule has 0 aromatic carbocycles. The van der Waals surface area contributed by atoms with Crippen LogP contribution in [0.25, 0.3) is 0 Å². The second-order valence-corrected chi connectivity index (χ2v) is 6.25. The van der Waals surface area contributed by atoms with Crippen molar-refractivity contribution in [2.24, 2.45) is 22.2 Å². The highest BCUT2D eigenvalue weighted by Gasteiger charge is 2.50.